The third kappa shape index (κ3) is 3.81. The second kappa shape index (κ2) is 7.68. The number of rotatable bonds is 6. The van der Waals surface area contributed by atoms with Crippen LogP contribution in [0, 0.1) is 0 Å². The van der Waals surface area contributed by atoms with Gasteiger partial charge in [0.2, 0.25) is 5.91 Å². The van der Waals surface area contributed by atoms with Crippen molar-refractivity contribution >= 4 is 22.6 Å². The van der Waals surface area contributed by atoms with E-state index in [9.17, 15) is 4.79 Å². The van der Waals surface area contributed by atoms with Crippen LogP contribution in [0.25, 0.3) is 22.4 Å². The zero-order valence-electron chi connectivity index (χ0n) is 15.9. The summed E-state index contributed by atoms with van der Waals surface area (Å²) in [7, 11) is 0. The van der Waals surface area contributed by atoms with E-state index in [4.69, 9.17) is 4.42 Å². The highest BCUT2D eigenvalue weighted by atomic mass is 16.3. The van der Waals surface area contributed by atoms with Crippen molar-refractivity contribution in [3.63, 3.8) is 0 Å². The minimum absolute atomic E-state index is 0.0740. The van der Waals surface area contributed by atoms with Gasteiger partial charge < -0.3 is 9.73 Å². The summed E-state index contributed by atoms with van der Waals surface area (Å²) in [5.74, 6) is 1.53. The molecular formula is C22H22N4O2. The van der Waals surface area contributed by atoms with Gasteiger partial charge in [-0.05, 0) is 32.0 Å². The van der Waals surface area contributed by atoms with E-state index in [1.54, 1.807) is 12.4 Å². The number of hydrogen-bond acceptors (Lipinski definition) is 4. The molecule has 6 nitrogen and oxygen atoms in total. The third-order valence-corrected chi connectivity index (χ3v) is 4.52. The molecule has 6 heteroatoms. The highest BCUT2D eigenvalue weighted by Crippen LogP contribution is 2.23. The van der Waals surface area contributed by atoms with E-state index in [1.165, 1.54) is 0 Å². The summed E-state index contributed by atoms with van der Waals surface area (Å²) < 4.78 is 7.71. The van der Waals surface area contributed by atoms with E-state index >= 15 is 0 Å². The zero-order valence-corrected chi connectivity index (χ0v) is 15.9. The van der Waals surface area contributed by atoms with Crippen LogP contribution in [-0.4, -0.2) is 20.7 Å². The molecule has 0 spiro atoms. The lowest BCUT2D eigenvalue weighted by Crippen LogP contribution is -2.12. The van der Waals surface area contributed by atoms with Gasteiger partial charge in [0.05, 0.1) is 18.1 Å². The maximum absolute atomic E-state index is 12.3. The molecule has 0 atom stereocenters. The average Bonchev–Trinajstić information content (AvgIpc) is 3.34. The summed E-state index contributed by atoms with van der Waals surface area (Å²) in [6, 6.07) is 15.9. The number of carbonyl (C=O) groups is 1. The number of benzene rings is 1. The maximum atomic E-state index is 12.3. The van der Waals surface area contributed by atoms with Gasteiger partial charge >= 0.3 is 0 Å². The van der Waals surface area contributed by atoms with E-state index in [1.807, 2.05) is 53.2 Å². The number of furan rings is 1. The van der Waals surface area contributed by atoms with E-state index in [0.29, 0.717) is 18.5 Å². The second-order valence-electron chi connectivity index (χ2n) is 7.00. The Morgan fingerprint density at radius 1 is 1.14 bits per heavy atom. The van der Waals surface area contributed by atoms with Crippen LogP contribution in [-0.2, 0) is 11.2 Å². The number of nitrogens with one attached hydrogen (secondary N) is 1. The largest absolute Gasteiger partial charge is 0.461 e. The molecule has 0 radical (unpaired) electrons. The van der Waals surface area contributed by atoms with Gasteiger partial charge in [0.15, 0.2) is 5.65 Å². The minimum atomic E-state index is -0.0740. The fourth-order valence-corrected chi connectivity index (χ4v) is 3.12. The quantitative estimate of drug-likeness (QED) is 0.524. The average molecular weight is 374 g/mol. The number of amides is 1. The lowest BCUT2D eigenvalue weighted by Gasteiger charge is -2.07. The molecule has 3 heterocycles. The van der Waals surface area contributed by atoms with Crippen molar-refractivity contribution in [1.82, 2.24) is 14.8 Å². The van der Waals surface area contributed by atoms with Crippen molar-refractivity contribution in [3.8, 4) is 11.3 Å². The summed E-state index contributed by atoms with van der Waals surface area (Å²) in [5.41, 5.74) is 2.52. The fourth-order valence-electron chi connectivity index (χ4n) is 3.12. The highest BCUT2D eigenvalue weighted by Gasteiger charge is 2.11. The standard InChI is InChI=1S/C22H22N4O2/c1-15(2)26-22-17(13-24-26)12-18(14-23-22)25-21(27)11-9-19-8-10-20(28-19)16-6-4-3-5-7-16/h3-8,10,12-15H,9,11H2,1-2H3,(H,25,27). The molecule has 0 saturated carbocycles. The van der Waals surface area contributed by atoms with Gasteiger partial charge in [-0.1, -0.05) is 30.3 Å². The fraction of sp³-hybridized carbons (Fsp3) is 0.227. The Balaban J connectivity index is 1.37. The number of carbonyl (C=O) groups excluding carboxylic acids is 1. The third-order valence-electron chi connectivity index (χ3n) is 4.52. The molecule has 4 aromatic rings. The van der Waals surface area contributed by atoms with Crippen molar-refractivity contribution in [3.05, 3.63) is 66.7 Å². The molecule has 1 aromatic carbocycles. The molecule has 0 fully saturated rings. The number of hydrogen-bond donors (Lipinski definition) is 1. The van der Waals surface area contributed by atoms with Crippen molar-refractivity contribution in [2.45, 2.75) is 32.7 Å². The van der Waals surface area contributed by atoms with Crippen LogP contribution in [0.2, 0.25) is 0 Å². The first-order valence-electron chi connectivity index (χ1n) is 9.37. The smallest absolute Gasteiger partial charge is 0.224 e. The Morgan fingerprint density at radius 3 is 2.75 bits per heavy atom. The van der Waals surface area contributed by atoms with E-state index < -0.39 is 0 Å². The predicted octanol–water partition coefficient (Wildman–Crippen LogP) is 4.84. The number of aromatic nitrogens is 3. The molecule has 0 unspecified atom stereocenters. The Kier molecular flexibility index (Phi) is 4.93. The van der Waals surface area contributed by atoms with Gasteiger partial charge in [-0.25, -0.2) is 9.67 Å². The minimum Gasteiger partial charge on any atom is -0.461 e. The molecule has 0 aliphatic carbocycles. The summed E-state index contributed by atoms with van der Waals surface area (Å²) in [6.07, 6.45) is 4.32. The van der Waals surface area contributed by atoms with Crippen LogP contribution in [0.3, 0.4) is 0 Å². The van der Waals surface area contributed by atoms with Gasteiger partial charge in [-0.15, -0.1) is 0 Å². The Labute approximate surface area is 163 Å². The van der Waals surface area contributed by atoms with Crippen molar-refractivity contribution in [2.75, 3.05) is 5.32 Å². The van der Waals surface area contributed by atoms with E-state index in [-0.39, 0.29) is 11.9 Å². The molecule has 3 aromatic heterocycles. The number of anilines is 1. The monoisotopic (exact) mass is 374 g/mol. The molecule has 142 valence electrons. The predicted molar refractivity (Wildman–Crippen MR) is 109 cm³/mol. The Morgan fingerprint density at radius 2 is 1.96 bits per heavy atom. The van der Waals surface area contributed by atoms with Gasteiger partial charge in [0, 0.05) is 29.8 Å². The maximum Gasteiger partial charge on any atom is 0.224 e. The van der Waals surface area contributed by atoms with Gasteiger partial charge in [-0.3, -0.25) is 4.79 Å². The number of pyridine rings is 1. The molecule has 0 aliphatic heterocycles. The molecule has 1 N–H and O–H groups in total. The van der Waals surface area contributed by atoms with Gasteiger partial charge in [0.25, 0.3) is 0 Å². The molecule has 4 rings (SSSR count). The SMILES string of the molecule is CC(C)n1ncc2cc(NC(=O)CCc3ccc(-c4ccccc4)o3)cnc21. The second-order valence-corrected chi connectivity index (χ2v) is 7.00. The van der Waals surface area contributed by atoms with Crippen LogP contribution < -0.4 is 5.32 Å². The number of aryl methyl sites for hydroxylation is 1. The summed E-state index contributed by atoms with van der Waals surface area (Å²) in [4.78, 5) is 16.7. The molecule has 0 saturated heterocycles. The van der Waals surface area contributed by atoms with Crippen LogP contribution in [0.4, 0.5) is 5.69 Å². The highest BCUT2D eigenvalue weighted by molar-refractivity contribution is 5.92. The lowest BCUT2D eigenvalue weighted by atomic mass is 10.2. The molecule has 28 heavy (non-hydrogen) atoms. The summed E-state index contributed by atoms with van der Waals surface area (Å²) in [5, 5.41) is 8.16. The van der Waals surface area contributed by atoms with Crippen LogP contribution in [0.1, 0.15) is 32.1 Å². The Bertz CT molecular complexity index is 1100. The first-order chi connectivity index (χ1) is 13.6. The van der Waals surface area contributed by atoms with Gasteiger partial charge in [-0.2, -0.15) is 5.10 Å². The van der Waals surface area contributed by atoms with Crippen LogP contribution in [0.5, 0.6) is 0 Å². The normalized spacial score (nSPS) is 11.2. The first-order valence-corrected chi connectivity index (χ1v) is 9.37. The summed E-state index contributed by atoms with van der Waals surface area (Å²) >= 11 is 0. The van der Waals surface area contributed by atoms with Crippen molar-refractivity contribution in [1.29, 1.82) is 0 Å². The molecule has 0 bridgehead atoms. The van der Waals surface area contributed by atoms with Crippen molar-refractivity contribution in [2.24, 2.45) is 0 Å². The topological polar surface area (TPSA) is 73.0 Å². The first kappa shape index (κ1) is 18.0. The lowest BCUT2D eigenvalue weighted by molar-refractivity contribution is -0.116. The summed E-state index contributed by atoms with van der Waals surface area (Å²) in [6.45, 7) is 4.11. The zero-order chi connectivity index (χ0) is 19.5. The van der Waals surface area contributed by atoms with E-state index in [0.717, 1.165) is 28.1 Å². The van der Waals surface area contributed by atoms with Crippen molar-refractivity contribution < 1.29 is 9.21 Å². The Hall–Kier alpha value is -3.41. The van der Waals surface area contributed by atoms with Gasteiger partial charge in [0.1, 0.15) is 11.5 Å². The molecular weight excluding hydrogens is 352 g/mol. The molecule has 0 aliphatic rings. The van der Waals surface area contributed by atoms with E-state index in [2.05, 4.69) is 29.2 Å². The van der Waals surface area contributed by atoms with Crippen LogP contribution in [0.15, 0.2) is 65.3 Å². The number of nitrogens with zero attached hydrogens (tertiary/aromatic N) is 3. The van der Waals surface area contributed by atoms with Crippen LogP contribution >= 0.6 is 0 Å². The number of fused-ring (bicyclic) bond motifs is 1. The molecule has 1 amide bonds.